The van der Waals surface area contributed by atoms with Gasteiger partial charge < -0.3 is 5.32 Å². The Balaban J connectivity index is 2.87. The minimum Gasteiger partial charge on any atom is -0.319 e. The SMILES string of the molecule is CNCCC=Cc1cc(C(F)(F)F)ccc1C. The van der Waals surface area contributed by atoms with Crippen LogP contribution in [0.5, 0.6) is 0 Å². The van der Waals surface area contributed by atoms with E-state index >= 15 is 0 Å². The van der Waals surface area contributed by atoms with Gasteiger partial charge in [-0.15, -0.1) is 0 Å². The largest absolute Gasteiger partial charge is 0.416 e. The molecule has 0 aliphatic heterocycles. The Hall–Kier alpha value is -1.29. The summed E-state index contributed by atoms with van der Waals surface area (Å²) in [6.45, 7) is 2.62. The van der Waals surface area contributed by atoms with Gasteiger partial charge in [-0.3, -0.25) is 0 Å². The number of alkyl halides is 3. The highest BCUT2D eigenvalue weighted by molar-refractivity contribution is 5.55. The van der Waals surface area contributed by atoms with Crippen LogP contribution in [0.25, 0.3) is 6.08 Å². The first-order valence-corrected chi connectivity index (χ1v) is 5.44. The van der Waals surface area contributed by atoms with Gasteiger partial charge >= 0.3 is 6.18 Å². The number of aryl methyl sites for hydroxylation is 1. The van der Waals surface area contributed by atoms with Crippen molar-refractivity contribution in [2.24, 2.45) is 0 Å². The Morgan fingerprint density at radius 3 is 2.59 bits per heavy atom. The quantitative estimate of drug-likeness (QED) is 0.796. The molecule has 0 saturated heterocycles. The molecular weight excluding hydrogens is 227 g/mol. The van der Waals surface area contributed by atoms with Crippen LogP contribution in [0, 0.1) is 6.92 Å². The van der Waals surface area contributed by atoms with Gasteiger partial charge in [-0.25, -0.2) is 0 Å². The van der Waals surface area contributed by atoms with Crippen molar-refractivity contribution in [1.29, 1.82) is 0 Å². The maximum atomic E-state index is 12.5. The third kappa shape index (κ3) is 4.23. The standard InChI is InChI=1S/C13H16F3N/c1-10-6-7-12(13(14,15)16)9-11(10)5-3-4-8-17-2/h3,5-7,9,17H,4,8H2,1-2H3. The second kappa shape index (κ2) is 5.87. The second-order valence-electron chi connectivity index (χ2n) is 3.86. The monoisotopic (exact) mass is 243 g/mol. The third-order valence-electron chi connectivity index (χ3n) is 2.46. The number of nitrogens with one attached hydrogen (secondary N) is 1. The number of hydrogen-bond donors (Lipinski definition) is 1. The maximum Gasteiger partial charge on any atom is 0.416 e. The van der Waals surface area contributed by atoms with Gasteiger partial charge in [0.15, 0.2) is 0 Å². The van der Waals surface area contributed by atoms with E-state index in [0.29, 0.717) is 5.56 Å². The van der Waals surface area contributed by atoms with Crippen LogP contribution < -0.4 is 5.32 Å². The highest BCUT2D eigenvalue weighted by atomic mass is 19.4. The highest BCUT2D eigenvalue weighted by Crippen LogP contribution is 2.30. The van der Waals surface area contributed by atoms with Gasteiger partial charge in [-0.2, -0.15) is 13.2 Å². The molecule has 0 atom stereocenters. The summed E-state index contributed by atoms with van der Waals surface area (Å²) in [5, 5.41) is 2.97. The molecule has 4 heteroatoms. The molecule has 0 aliphatic rings. The predicted octanol–water partition coefficient (Wildman–Crippen LogP) is 3.64. The van der Waals surface area contributed by atoms with Crippen LogP contribution in [0.3, 0.4) is 0 Å². The zero-order valence-corrected chi connectivity index (χ0v) is 9.93. The molecule has 0 spiro atoms. The van der Waals surface area contributed by atoms with Gasteiger partial charge in [0.2, 0.25) is 0 Å². The van der Waals surface area contributed by atoms with E-state index in [1.807, 2.05) is 13.1 Å². The van der Waals surface area contributed by atoms with Gasteiger partial charge in [0.1, 0.15) is 0 Å². The van der Waals surface area contributed by atoms with Crippen LogP contribution in [0.15, 0.2) is 24.3 Å². The molecule has 0 fully saturated rings. The summed E-state index contributed by atoms with van der Waals surface area (Å²) in [6, 6.07) is 3.80. The summed E-state index contributed by atoms with van der Waals surface area (Å²) in [6.07, 6.45) is 0.133. The molecular formula is C13H16F3N. The lowest BCUT2D eigenvalue weighted by Gasteiger charge is -2.09. The van der Waals surface area contributed by atoms with E-state index in [0.717, 1.165) is 24.6 Å². The normalized spacial score (nSPS) is 12.3. The average molecular weight is 243 g/mol. The topological polar surface area (TPSA) is 12.0 Å². The maximum absolute atomic E-state index is 12.5. The molecule has 0 radical (unpaired) electrons. The van der Waals surface area contributed by atoms with E-state index in [4.69, 9.17) is 0 Å². The Kier molecular flexibility index (Phi) is 4.75. The molecule has 1 nitrogen and oxygen atoms in total. The molecule has 17 heavy (non-hydrogen) atoms. The number of halogens is 3. The van der Waals surface area contributed by atoms with Crippen molar-refractivity contribution in [2.45, 2.75) is 19.5 Å². The fourth-order valence-corrected chi connectivity index (χ4v) is 1.43. The smallest absolute Gasteiger partial charge is 0.319 e. The summed E-state index contributed by atoms with van der Waals surface area (Å²) < 4.78 is 37.5. The Morgan fingerprint density at radius 2 is 2.00 bits per heavy atom. The number of rotatable bonds is 4. The van der Waals surface area contributed by atoms with Crippen molar-refractivity contribution in [1.82, 2.24) is 5.32 Å². The molecule has 94 valence electrons. The van der Waals surface area contributed by atoms with Crippen LogP contribution >= 0.6 is 0 Å². The molecule has 0 aromatic heterocycles. The zero-order chi connectivity index (χ0) is 12.9. The minimum atomic E-state index is -4.28. The number of hydrogen-bond acceptors (Lipinski definition) is 1. The van der Waals surface area contributed by atoms with Gasteiger partial charge in [0.25, 0.3) is 0 Å². The molecule has 0 saturated carbocycles. The molecule has 0 bridgehead atoms. The first kappa shape index (κ1) is 13.8. The lowest BCUT2D eigenvalue weighted by molar-refractivity contribution is -0.137. The van der Waals surface area contributed by atoms with Crippen LogP contribution in [0.4, 0.5) is 13.2 Å². The van der Waals surface area contributed by atoms with Gasteiger partial charge in [0.05, 0.1) is 5.56 Å². The van der Waals surface area contributed by atoms with E-state index in [9.17, 15) is 13.2 Å². The zero-order valence-electron chi connectivity index (χ0n) is 9.93. The van der Waals surface area contributed by atoms with Crippen LogP contribution in [-0.2, 0) is 6.18 Å². The molecule has 0 amide bonds. The summed E-state index contributed by atoms with van der Waals surface area (Å²) in [5.74, 6) is 0. The van der Waals surface area contributed by atoms with Crippen molar-refractivity contribution in [2.75, 3.05) is 13.6 Å². The van der Waals surface area contributed by atoms with Crippen LogP contribution in [-0.4, -0.2) is 13.6 Å². The van der Waals surface area contributed by atoms with E-state index in [1.165, 1.54) is 12.1 Å². The van der Waals surface area contributed by atoms with Gasteiger partial charge in [-0.05, 0) is 50.2 Å². The fourth-order valence-electron chi connectivity index (χ4n) is 1.43. The van der Waals surface area contributed by atoms with Crippen molar-refractivity contribution < 1.29 is 13.2 Å². The lowest BCUT2D eigenvalue weighted by atomic mass is 10.0. The lowest BCUT2D eigenvalue weighted by Crippen LogP contribution is -2.06. The number of benzene rings is 1. The first-order chi connectivity index (χ1) is 7.95. The van der Waals surface area contributed by atoms with E-state index in [1.54, 1.807) is 13.0 Å². The van der Waals surface area contributed by atoms with Gasteiger partial charge in [-0.1, -0.05) is 18.2 Å². The molecule has 0 unspecified atom stereocenters. The summed E-state index contributed by atoms with van der Waals surface area (Å²) in [4.78, 5) is 0. The molecule has 0 heterocycles. The Bertz CT molecular complexity index is 394. The van der Waals surface area contributed by atoms with E-state index in [-0.39, 0.29) is 0 Å². The molecule has 1 N–H and O–H groups in total. The van der Waals surface area contributed by atoms with Crippen LogP contribution in [0.2, 0.25) is 0 Å². The second-order valence-corrected chi connectivity index (χ2v) is 3.86. The Labute approximate surface area is 99.3 Å². The highest BCUT2D eigenvalue weighted by Gasteiger charge is 2.30. The third-order valence-corrected chi connectivity index (χ3v) is 2.46. The minimum absolute atomic E-state index is 0.601. The fraction of sp³-hybridized carbons (Fsp3) is 0.385. The molecule has 1 rings (SSSR count). The van der Waals surface area contributed by atoms with Crippen LogP contribution in [0.1, 0.15) is 23.1 Å². The average Bonchev–Trinajstić information content (AvgIpc) is 2.25. The van der Waals surface area contributed by atoms with E-state index < -0.39 is 11.7 Å². The molecule has 0 aliphatic carbocycles. The Morgan fingerprint density at radius 1 is 1.29 bits per heavy atom. The van der Waals surface area contributed by atoms with Crippen molar-refractivity contribution in [3.05, 3.63) is 41.0 Å². The summed E-state index contributed by atoms with van der Waals surface area (Å²) in [7, 11) is 1.84. The van der Waals surface area contributed by atoms with Crippen molar-refractivity contribution in [3.8, 4) is 0 Å². The van der Waals surface area contributed by atoms with Crippen molar-refractivity contribution in [3.63, 3.8) is 0 Å². The van der Waals surface area contributed by atoms with E-state index in [2.05, 4.69) is 5.32 Å². The molecule has 1 aromatic rings. The van der Waals surface area contributed by atoms with Gasteiger partial charge in [0, 0.05) is 0 Å². The molecule has 1 aromatic carbocycles. The van der Waals surface area contributed by atoms with Crippen molar-refractivity contribution >= 4 is 6.08 Å². The first-order valence-electron chi connectivity index (χ1n) is 5.44. The predicted molar refractivity (Wildman–Crippen MR) is 63.8 cm³/mol. The summed E-state index contributed by atoms with van der Waals surface area (Å²) in [5.41, 5.74) is 0.867. The summed E-state index contributed by atoms with van der Waals surface area (Å²) >= 11 is 0.